The summed E-state index contributed by atoms with van der Waals surface area (Å²) in [6.07, 6.45) is 4.82. The molecule has 4 rings (SSSR count). The summed E-state index contributed by atoms with van der Waals surface area (Å²) < 4.78 is 12.0. The van der Waals surface area contributed by atoms with Gasteiger partial charge in [-0.25, -0.2) is 4.98 Å². The molecule has 2 aliphatic rings. The van der Waals surface area contributed by atoms with Crippen molar-refractivity contribution < 1.29 is 19.1 Å². The number of fused-ring (bicyclic) bond motifs is 2. The van der Waals surface area contributed by atoms with E-state index >= 15 is 0 Å². The van der Waals surface area contributed by atoms with Gasteiger partial charge >= 0.3 is 0 Å². The van der Waals surface area contributed by atoms with Crippen LogP contribution in [0, 0.1) is 5.92 Å². The molecule has 0 spiro atoms. The highest BCUT2D eigenvalue weighted by molar-refractivity contribution is 5.94. The van der Waals surface area contributed by atoms with Crippen LogP contribution in [0.3, 0.4) is 0 Å². The van der Waals surface area contributed by atoms with Crippen LogP contribution in [-0.2, 0) is 4.79 Å². The van der Waals surface area contributed by atoms with E-state index in [-0.39, 0.29) is 24.2 Å². The highest BCUT2D eigenvalue weighted by Gasteiger charge is 2.44. The lowest BCUT2D eigenvalue weighted by molar-refractivity contribution is -0.119. The molecule has 1 saturated heterocycles. The van der Waals surface area contributed by atoms with Crippen molar-refractivity contribution >= 4 is 23.0 Å². The van der Waals surface area contributed by atoms with Gasteiger partial charge in [0, 0.05) is 18.0 Å². The zero-order chi connectivity index (χ0) is 20.3. The molecule has 3 unspecified atom stereocenters. The van der Waals surface area contributed by atoms with Gasteiger partial charge < -0.3 is 20.5 Å². The topological polar surface area (TPSA) is 104 Å². The molecule has 1 aliphatic carbocycles. The van der Waals surface area contributed by atoms with Crippen molar-refractivity contribution in [1.82, 2.24) is 10.3 Å². The fourth-order valence-corrected chi connectivity index (χ4v) is 3.97. The Labute approximate surface area is 164 Å². The molecule has 1 saturated carbocycles. The van der Waals surface area contributed by atoms with Crippen LogP contribution >= 0.6 is 0 Å². The second kappa shape index (κ2) is 8.56. The van der Waals surface area contributed by atoms with Crippen LogP contribution in [0.1, 0.15) is 43.5 Å². The monoisotopic (exact) mass is 385 g/mol. The molecule has 1 aromatic heterocycles. The molecule has 1 amide bonds. The Kier molecular flexibility index (Phi) is 6.14. The Morgan fingerprint density at radius 1 is 1.29 bits per heavy atom. The number of nitrogens with zero attached hydrogens (tertiary/aromatic N) is 1. The van der Waals surface area contributed by atoms with E-state index in [2.05, 4.69) is 16.0 Å². The molecular formula is C21H27N3O4. The van der Waals surface area contributed by atoms with Crippen molar-refractivity contribution in [1.29, 1.82) is 0 Å². The Morgan fingerprint density at radius 3 is 2.79 bits per heavy atom. The number of pyridine rings is 1. The number of carbonyl (C=O) groups is 2. The summed E-state index contributed by atoms with van der Waals surface area (Å²) >= 11 is 0. The zero-order valence-corrected chi connectivity index (χ0v) is 16.5. The molecule has 150 valence electrons. The molecule has 2 aromatic rings. The number of aromatic nitrogens is 1. The number of carbonyl (C=O) groups excluding carboxylic acids is 2. The largest absolute Gasteiger partial charge is 0.490 e. The molecule has 0 bridgehead atoms. The van der Waals surface area contributed by atoms with Crippen LogP contribution in [0.15, 0.2) is 24.4 Å². The number of hydrogen-bond donors (Lipinski definition) is 2. The van der Waals surface area contributed by atoms with Crippen molar-refractivity contribution in [3.05, 3.63) is 30.0 Å². The van der Waals surface area contributed by atoms with E-state index in [4.69, 9.17) is 9.47 Å². The van der Waals surface area contributed by atoms with Gasteiger partial charge in [-0.15, -0.1) is 0 Å². The lowest BCUT2D eigenvalue weighted by atomic mass is 10.0. The van der Waals surface area contributed by atoms with E-state index in [9.17, 15) is 9.59 Å². The fraction of sp³-hybridized carbons (Fsp3) is 0.476. The number of amides is 1. The van der Waals surface area contributed by atoms with Crippen molar-refractivity contribution in [2.45, 2.75) is 51.4 Å². The van der Waals surface area contributed by atoms with Crippen molar-refractivity contribution in [3.8, 4) is 11.6 Å². The maximum absolute atomic E-state index is 11.7. The first-order chi connectivity index (χ1) is 13.5. The number of ether oxygens (including phenoxy) is 2. The fourth-order valence-electron chi connectivity index (χ4n) is 3.97. The maximum atomic E-state index is 11.7. The third kappa shape index (κ3) is 3.94. The predicted octanol–water partition coefficient (Wildman–Crippen LogP) is 2.46. The quantitative estimate of drug-likeness (QED) is 0.766. The van der Waals surface area contributed by atoms with E-state index in [0.717, 1.165) is 29.9 Å². The number of nitrogens with two attached hydrogens (primary N) is 1. The minimum Gasteiger partial charge on any atom is -0.490 e. The average molecular weight is 385 g/mol. The average Bonchev–Trinajstić information content (AvgIpc) is 3.23. The third-order valence-electron chi connectivity index (χ3n) is 5.12. The molecule has 7 nitrogen and oxygen atoms in total. The second-order valence-corrected chi connectivity index (χ2v) is 7.30. The van der Waals surface area contributed by atoms with Gasteiger partial charge in [-0.05, 0) is 63.2 Å². The van der Waals surface area contributed by atoms with Gasteiger partial charge in [0.2, 0.25) is 11.8 Å². The summed E-state index contributed by atoms with van der Waals surface area (Å²) in [5.74, 6) is 1.49. The lowest BCUT2D eigenvalue weighted by Crippen LogP contribution is -2.39. The normalized spacial score (nSPS) is 23.0. The van der Waals surface area contributed by atoms with Crippen LogP contribution in [-0.4, -0.2) is 42.5 Å². The minimum atomic E-state index is -0.0789. The summed E-state index contributed by atoms with van der Waals surface area (Å²) in [7, 11) is 1.50. The Morgan fingerprint density at radius 2 is 2.07 bits per heavy atom. The Hall–Kier alpha value is -2.67. The number of hydrogen-bond acceptors (Lipinski definition) is 6. The molecule has 3 atom stereocenters. The smallest absolute Gasteiger partial charge is 0.221 e. The molecule has 2 fully saturated rings. The molecule has 3 N–H and O–H groups in total. The van der Waals surface area contributed by atoms with Crippen molar-refractivity contribution in [2.75, 3.05) is 7.05 Å². The van der Waals surface area contributed by atoms with Crippen LogP contribution < -0.4 is 20.5 Å². The van der Waals surface area contributed by atoms with Gasteiger partial charge in [-0.2, -0.15) is 0 Å². The summed E-state index contributed by atoms with van der Waals surface area (Å²) in [6.45, 7) is 3.84. The Balaban J connectivity index is 0.00000109. The Bertz CT molecular complexity index is 868. The van der Waals surface area contributed by atoms with E-state index < -0.39 is 0 Å². The number of aldehydes is 1. The van der Waals surface area contributed by atoms with Crippen molar-refractivity contribution in [3.63, 3.8) is 0 Å². The van der Waals surface area contributed by atoms with E-state index in [1.165, 1.54) is 7.05 Å². The molecule has 28 heavy (non-hydrogen) atoms. The number of rotatable bonds is 5. The third-order valence-corrected chi connectivity index (χ3v) is 5.12. The predicted molar refractivity (Wildman–Crippen MR) is 107 cm³/mol. The first-order valence-corrected chi connectivity index (χ1v) is 9.63. The highest BCUT2D eigenvalue weighted by Crippen LogP contribution is 2.37. The summed E-state index contributed by atoms with van der Waals surface area (Å²) in [5.41, 5.74) is 5.01. The van der Waals surface area contributed by atoms with E-state index in [1.54, 1.807) is 12.3 Å². The molecular weight excluding hydrogens is 358 g/mol. The standard InChI is InChI=1S/C20H22N2O4.CH5N/c1-11(2)25-17-9-15-12(7-14(17)10-23)5-6-21-20(15)26-16-4-3-13-8-18(24)22-19(13)16;1-2/h5-7,9-11,13,16,19H,3-4,8H2,1-2H3,(H,22,24);2H2,1H3. The second-order valence-electron chi connectivity index (χ2n) is 7.30. The molecule has 1 aromatic carbocycles. The van der Waals surface area contributed by atoms with Crippen LogP contribution in [0.25, 0.3) is 10.8 Å². The van der Waals surface area contributed by atoms with Gasteiger partial charge in [-0.1, -0.05) is 0 Å². The van der Waals surface area contributed by atoms with Crippen LogP contribution in [0.4, 0.5) is 0 Å². The highest BCUT2D eigenvalue weighted by atomic mass is 16.5. The minimum absolute atomic E-state index is 0.0449. The van der Waals surface area contributed by atoms with E-state index in [0.29, 0.717) is 29.5 Å². The van der Waals surface area contributed by atoms with Crippen molar-refractivity contribution in [2.24, 2.45) is 11.7 Å². The molecule has 0 radical (unpaired) electrons. The van der Waals surface area contributed by atoms with Gasteiger partial charge in [0.05, 0.1) is 17.7 Å². The zero-order valence-electron chi connectivity index (χ0n) is 16.5. The van der Waals surface area contributed by atoms with Gasteiger partial charge in [-0.3, -0.25) is 9.59 Å². The molecule has 7 heteroatoms. The van der Waals surface area contributed by atoms with Crippen LogP contribution in [0.2, 0.25) is 0 Å². The van der Waals surface area contributed by atoms with Crippen LogP contribution in [0.5, 0.6) is 11.6 Å². The number of nitrogens with one attached hydrogen (secondary N) is 1. The number of benzene rings is 1. The van der Waals surface area contributed by atoms with E-state index in [1.807, 2.05) is 26.0 Å². The lowest BCUT2D eigenvalue weighted by Gasteiger charge is -2.21. The summed E-state index contributed by atoms with van der Waals surface area (Å²) in [4.78, 5) is 27.5. The summed E-state index contributed by atoms with van der Waals surface area (Å²) in [6, 6.07) is 5.52. The van der Waals surface area contributed by atoms with Gasteiger partial charge in [0.1, 0.15) is 11.9 Å². The van der Waals surface area contributed by atoms with Gasteiger partial charge in [0.15, 0.2) is 6.29 Å². The first kappa shape index (κ1) is 20.1. The maximum Gasteiger partial charge on any atom is 0.221 e. The first-order valence-electron chi connectivity index (χ1n) is 9.63. The SMILES string of the molecule is CC(C)Oc1cc2c(OC3CCC4CC(=O)NC43)nccc2cc1C=O.CN. The summed E-state index contributed by atoms with van der Waals surface area (Å²) in [5, 5.41) is 4.71. The molecule has 2 heterocycles. The molecule has 1 aliphatic heterocycles. The van der Waals surface area contributed by atoms with Gasteiger partial charge in [0.25, 0.3) is 0 Å².